The number of rotatable bonds is 9. The van der Waals surface area contributed by atoms with Gasteiger partial charge >= 0.3 is 11.9 Å². The number of aromatic nitrogens is 6. The van der Waals surface area contributed by atoms with Crippen LogP contribution in [-0.4, -0.2) is 103 Å². The minimum atomic E-state index is -4.53. The molecule has 0 spiro atoms. The number of carbonyl (C=O) groups is 3. The van der Waals surface area contributed by atoms with Crippen molar-refractivity contribution in [1.29, 1.82) is 0 Å². The van der Waals surface area contributed by atoms with Gasteiger partial charge in [-0.2, -0.15) is 13.2 Å². The van der Waals surface area contributed by atoms with E-state index >= 15 is 0 Å². The van der Waals surface area contributed by atoms with Crippen molar-refractivity contribution in [1.82, 2.24) is 44.2 Å². The Bertz CT molecular complexity index is 2860. The maximum absolute atomic E-state index is 14.9. The highest BCUT2D eigenvalue weighted by atomic mass is 19.4. The van der Waals surface area contributed by atoms with Crippen LogP contribution < -0.4 is 31.4 Å². The number of amides is 3. The number of piperidine rings is 1. The third kappa shape index (κ3) is 6.89. The van der Waals surface area contributed by atoms with Crippen molar-refractivity contribution >= 4 is 57.3 Å². The normalized spacial score (nSPS) is 19.6. The van der Waals surface area contributed by atoms with E-state index in [-0.39, 0.29) is 44.4 Å². The van der Waals surface area contributed by atoms with E-state index in [9.17, 15) is 32.3 Å². The second-order valence-corrected chi connectivity index (χ2v) is 16.4. The molecule has 3 N–H and O–H groups in total. The van der Waals surface area contributed by atoms with Gasteiger partial charge < -0.3 is 20.4 Å². The van der Waals surface area contributed by atoms with Gasteiger partial charge in [0.15, 0.2) is 17.2 Å². The first-order valence-corrected chi connectivity index (χ1v) is 20.7. The van der Waals surface area contributed by atoms with E-state index in [2.05, 4.69) is 30.8 Å². The van der Waals surface area contributed by atoms with Crippen LogP contribution in [0.15, 0.2) is 71.8 Å². The summed E-state index contributed by atoms with van der Waals surface area (Å²) < 4.78 is 49.0. The molecule has 320 valence electrons. The molecular weight excluding hydrogens is 806 g/mol. The maximum atomic E-state index is 14.9. The van der Waals surface area contributed by atoms with Crippen molar-refractivity contribution in [3.05, 3.63) is 94.3 Å². The zero-order valence-corrected chi connectivity index (χ0v) is 33.9. The van der Waals surface area contributed by atoms with E-state index in [0.29, 0.717) is 70.3 Å². The zero-order valence-electron chi connectivity index (χ0n) is 33.9. The molecule has 2 saturated heterocycles. The monoisotopic (exact) mass is 848 g/mol. The van der Waals surface area contributed by atoms with Crippen molar-refractivity contribution < 1.29 is 27.6 Å². The molecule has 19 heteroatoms. The number of alkyl halides is 3. The number of aryl methyl sites for hydroxylation is 1. The average molecular weight is 849 g/mol. The van der Waals surface area contributed by atoms with Gasteiger partial charge in [0.1, 0.15) is 12.1 Å². The fourth-order valence-corrected chi connectivity index (χ4v) is 9.11. The lowest BCUT2D eigenvalue weighted by Gasteiger charge is -2.43. The highest BCUT2D eigenvalue weighted by molar-refractivity contribution is 6.00. The molecule has 3 amide bonds. The molecule has 2 aromatic carbocycles. The van der Waals surface area contributed by atoms with E-state index < -0.39 is 35.8 Å². The van der Waals surface area contributed by atoms with E-state index in [1.165, 1.54) is 20.2 Å². The van der Waals surface area contributed by atoms with Crippen LogP contribution in [0.25, 0.3) is 27.9 Å². The van der Waals surface area contributed by atoms with Crippen molar-refractivity contribution in [2.45, 2.75) is 63.0 Å². The molecule has 3 fully saturated rings. The summed E-state index contributed by atoms with van der Waals surface area (Å²) in [4.78, 5) is 65.2. The second-order valence-electron chi connectivity index (χ2n) is 16.4. The molecule has 1 unspecified atom stereocenters. The number of fused-ring (bicyclic) bond motifs is 3. The number of carbonyl (C=O) groups excluding carboxylic acids is 3. The summed E-state index contributed by atoms with van der Waals surface area (Å²) in [5.41, 5.74) is 6.80. The molecule has 0 bridgehead atoms. The van der Waals surface area contributed by atoms with Crippen LogP contribution in [0.5, 0.6) is 0 Å². The summed E-state index contributed by atoms with van der Waals surface area (Å²) in [5, 5.41) is 13.4. The Hall–Kier alpha value is -6.76. The number of halogens is 3. The van der Waals surface area contributed by atoms with E-state index in [1.54, 1.807) is 54.0 Å². The first-order chi connectivity index (χ1) is 29.9. The summed E-state index contributed by atoms with van der Waals surface area (Å²) in [6.45, 7) is 0.769. The smallest absolute Gasteiger partial charge is 0.385 e. The Morgan fingerprint density at radius 3 is 2.56 bits per heavy atom. The molecule has 7 heterocycles. The summed E-state index contributed by atoms with van der Waals surface area (Å²) in [6.07, 6.45) is 1.49. The molecule has 6 aromatic rings. The summed E-state index contributed by atoms with van der Waals surface area (Å²) >= 11 is 0. The van der Waals surface area contributed by atoms with Crippen LogP contribution in [0.2, 0.25) is 0 Å². The fraction of sp³-hybridized carbons (Fsp3) is 0.372. The summed E-state index contributed by atoms with van der Waals surface area (Å²) in [5.74, 6) is -0.551. The van der Waals surface area contributed by atoms with Gasteiger partial charge in [0.25, 0.3) is 5.91 Å². The van der Waals surface area contributed by atoms with Gasteiger partial charge in [-0.25, -0.2) is 14.3 Å². The molecule has 10 rings (SSSR count). The number of hydrogen-bond acceptors (Lipinski definition) is 11. The molecule has 4 aromatic heterocycles. The number of nitrogens with one attached hydrogen (secondary N) is 3. The van der Waals surface area contributed by atoms with Crippen LogP contribution in [0, 0.1) is 0 Å². The van der Waals surface area contributed by atoms with Gasteiger partial charge in [-0.1, -0.05) is 12.1 Å². The predicted molar refractivity (Wildman–Crippen MR) is 224 cm³/mol. The van der Waals surface area contributed by atoms with Crippen molar-refractivity contribution in [2.75, 3.05) is 48.3 Å². The molecule has 16 nitrogen and oxygen atoms in total. The molecule has 1 saturated carbocycles. The van der Waals surface area contributed by atoms with Gasteiger partial charge in [-0.3, -0.25) is 38.7 Å². The molecule has 3 aliphatic heterocycles. The zero-order chi connectivity index (χ0) is 43.0. The van der Waals surface area contributed by atoms with E-state index in [4.69, 9.17) is 5.10 Å². The Morgan fingerprint density at radius 2 is 1.79 bits per heavy atom. The maximum Gasteiger partial charge on any atom is 0.405 e. The molecule has 1 aliphatic carbocycles. The number of hydrogen-bond donors (Lipinski definition) is 3. The topological polar surface area (TPSA) is 167 Å². The first-order valence-electron chi connectivity index (χ1n) is 20.7. The van der Waals surface area contributed by atoms with Crippen LogP contribution in [0.1, 0.15) is 53.3 Å². The summed E-state index contributed by atoms with van der Waals surface area (Å²) in [7, 11) is 3.35. The largest absolute Gasteiger partial charge is 0.405 e. The Morgan fingerprint density at radius 1 is 0.952 bits per heavy atom. The molecular formula is C43H43F3N12O4. The lowest BCUT2D eigenvalue weighted by molar-refractivity contribution is -0.186. The quantitative estimate of drug-likeness (QED) is 0.178. The molecule has 62 heavy (non-hydrogen) atoms. The molecule has 2 atom stereocenters. The van der Waals surface area contributed by atoms with E-state index in [0.717, 1.165) is 29.7 Å². The van der Waals surface area contributed by atoms with Crippen molar-refractivity contribution in [3.8, 4) is 11.3 Å². The average Bonchev–Trinajstić information content (AvgIpc) is 3.69. The van der Waals surface area contributed by atoms with Gasteiger partial charge in [-0.05, 0) is 73.2 Å². The van der Waals surface area contributed by atoms with Crippen LogP contribution in [-0.2, 0) is 29.6 Å². The van der Waals surface area contributed by atoms with Gasteiger partial charge in [0.2, 0.25) is 11.8 Å². The number of imidazole rings is 2. The Balaban J connectivity index is 0.888. The lowest BCUT2D eigenvalue weighted by Crippen LogP contribution is -2.58. The van der Waals surface area contributed by atoms with E-state index in [1.807, 2.05) is 30.3 Å². The van der Waals surface area contributed by atoms with Crippen LogP contribution >= 0.6 is 0 Å². The number of imide groups is 1. The Kier molecular flexibility index (Phi) is 9.53. The molecule has 0 radical (unpaired) electrons. The second kappa shape index (κ2) is 15.0. The number of benzene rings is 2. The number of anilines is 4. The van der Waals surface area contributed by atoms with Gasteiger partial charge in [0.05, 0.1) is 28.6 Å². The highest BCUT2D eigenvalue weighted by Gasteiger charge is 2.46. The van der Waals surface area contributed by atoms with Crippen molar-refractivity contribution in [3.63, 3.8) is 0 Å². The van der Waals surface area contributed by atoms with Crippen LogP contribution in [0.4, 0.5) is 36.1 Å². The highest BCUT2D eigenvalue weighted by Crippen LogP contribution is 2.40. The minimum absolute atomic E-state index is 0.0509. The third-order valence-corrected chi connectivity index (χ3v) is 12.5. The third-order valence-electron chi connectivity index (χ3n) is 12.5. The lowest BCUT2D eigenvalue weighted by atomic mass is 10.00. The predicted octanol–water partition coefficient (Wildman–Crippen LogP) is 4.30. The number of pyridine rings is 1. The van der Waals surface area contributed by atoms with Crippen LogP contribution in [0.3, 0.4) is 0 Å². The first kappa shape index (κ1) is 39.4. The summed E-state index contributed by atoms with van der Waals surface area (Å²) in [6, 6.07) is 14.0. The number of piperazine rings is 1. The number of nitrogens with zero attached hydrogens (tertiary/aromatic N) is 9. The molecule has 4 aliphatic rings. The minimum Gasteiger partial charge on any atom is -0.385 e. The fourth-order valence-electron chi connectivity index (χ4n) is 9.11. The van der Waals surface area contributed by atoms with Gasteiger partial charge in [0, 0.05) is 88.5 Å². The van der Waals surface area contributed by atoms with Gasteiger partial charge in [-0.15, -0.1) is 5.10 Å². The van der Waals surface area contributed by atoms with Crippen molar-refractivity contribution in [2.24, 2.45) is 7.05 Å². The standard InChI is InChI=1S/C43H43F3N12O4/c1-47-30-20-37(52-58-35(21-49-39(30)58)41(61)50-25-6-7-25)56-15-13-28-27(4-3-5-31(28)56)29-18-24(12-14-48-29)22-55-17-16-54(23-36(55)43(44,45)46)26-8-9-32-34(19-26)53(2)42(62)57(32)33-10-11-38(59)51-40(33)60/h3-5,8-9,12,14,18-21,25,33,36,47H,6-7,10-11,13,15-17,22-23H2,1-2H3,(H,50,61)(H,51,59,60)/t33?,36-/m1/s1. The Labute approximate surface area is 352 Å². The SMILES string of the molecule is CNc1cc(N2CCc3c(-c4cc(CN5CCN(c6ccc7c(c6)n(C)c(=O)n7C6CCC(=O)NC6=O)C[C@@H]5C(F)(F)F)ccn4)cccc32)nn2c(C(=O)NC3CC3)cnc12.